The Bertz CT molecular complexity index is 516. The molecule has 17 heavy (non-hydrogen) atoms. The first kappa shape index (κ1) is 11.5. The molecule has 0 radical (unpaired) electrons. The van der Waals surface area contributed by atoms with Crippen molar-refractivity contribution in [3.8, 4) is 5.82 Å². The molecule has 6 nitrogen and oxygen atoms in total. The number of hydrazine groups is 1. The number of nitrogens with one attached hydrogen (secondary N) is 1. The van der Waals surface area contributed by atoms with Crippen molar-refractivity contribution in [2.45, 2.75) is 26.7 Å². The zero-order chi connectivity index (χ0) is 12.4. The Morgan fingerprint density at radius 3 is 2.65 bits per heavy atom. The lowest BCUT2D eigenvalue weighted by molar-refractivity contribution is 0.744. The summed E-state index contributed by atoms with van der Waals surface area (Å²) < 4.78 is 1.71. The molecule has 0 saturated carbocycles. The standard InChI is InChI=1S/C11H16N6/c1-7(2)11-13-9(15-12)6-10(14-11)17-5-4-8(3)16-17/h4-7H,12H2,1-3H3,(H,13,14,15). The number of hydrogen-bond acceptors (Lipinski definition) is 5. The summed E-state index contributed by atoms with van der Waals surface area (Å²) in [4.78, 5) is 8.75. The van der Waals surface area contributed by atoms with Crippen molar-refractivity contribution in [2.75, 3.05) is 5.43 Å². The molecule has 2 aromatic rings. The monoisotopic (exact) mass is 232 g/mol. The van der Waals surface area contributed by atoms with Gasteiger partial charge in [-0.15, -0.1) is 0 Å². The van der Waals surface area contributed by atoms with Crippen LogP contribution in [0.3, 0.4) is 0 Å². The number of nitrogens with zero attached hydrogens (tertiary/aromatic N) is 4. The van der Waals surface area contributed by atoms with Crippen molar-refractivity contribution >= 4 is 5.82 Å². The molecule has 0 fully saturated rings. The van der Waals surface area contributed by atoms with Gasteiger partial charge in [-0.2, -0.15) is 5.10 Å². The predicted octanol–water partition coefficient (Wildman–Crippen LogP) is 1.38. The molecule has 0 aromatic carbocycles. The van der Waals surface area contributed by atoms with Crippen LogP contribution in [-0.2, 0) is 0 Å². The highest BCUT2D eigenvalue weighted by Gasteiger charge is 2.09. The molecular weight excluding hydrogens is 216 g/mol. The lowest BCUT2D eigenvalue weighted by Crippen LogP contribution is -2.13. The minimum absolute atomic E-state index is 0.235. The first-order valence-corrected chi connectivity index (χ1v) is 5.48. The van der Waals surface area contributed by atoms with Gasteiger partial charge in [0.25, 0.3) is 0 Å². The molecule has 0 bridgehead atoms. The highest BCUT2D eigenvalue weighted by atomic mass is 15.3. The van der Waals surface area contributed by atoms with E-state index in [2.05, 4.69) is 20.5 Å². The third-order valence-electron chi connectivity index (χ3n) is 2.35. The van der Waals surface area contributed by atoms with Crippen LogP contribution in [0.4, 0.5) is 5.82 Å². The minimum Gasteiger partial charge on any atom is -0.308 e. The summed E-state index contributed by atoms with van der Waals surface area (Å²) in [6, 6.07) is 3.69. The van der Waals surface area contributed by atoms with E-state index in [1.54, 1.807) is 10.7 Å². The Morgan fingerprint density at radius 2 is 2.12 bits per heavy atom. The summed E-state index contributed by atoms with van der Waals surface area (Å²) in [7, 11) is 0. The summed E-state index contributed by atoms with van der Waals surface area (Å²) in [6.07, 6.45) is 1.86. The van der Waals surface area contributed by atoms with Gasteiger partial charge in [0.2, 0.25) is 0 Å². The lowest BCUT2D eigenvalue weighted by atomic mass is 10.2. The number of nitrogen functional groups attached to an aromatic ring is 1. The molecule has 0 aliphatic carbocycles. The van der Waals surface area contributed by atoms with E-state index >= 15 is 0 Å². The second-order valence-electron chi connectivity index (χ2n) is 4.17. The number of hydrogen-bond donors (Lipinski definition) is 2. The van der Waals surface area contributed by atoms with Crippen LogP contribution in [0, 0.1) is 6.92 Å². The molecule has 0 aliphatic heterocycles. The van der Waals surface area contributed by atoms with Crippen molar-refractivity contribution in [3.05, 3.63) is 29.8 Å². The van der Waals surface area contributed by atoms with Crippen molar-refractivity contribution in [1.82, 2.24) is 19.7 Å². The van der Waals surface area contributed by atoms with Gasteiger partial charge >= 0.3 is 0 Å². The Labute approximate surface area is 99.9 Å². The molecular formula is C11H16N6. The molecule has 3 N–H and O–H groups in total. The summed E-state index contributed by atoms with van der Waals surface area (Å²) in [5.41, 5.74) is 3.49. The van der Waals surface area contributed by atoms with Crippen molar-refractivity contribution in [2.24, 2.45) is 5.84 Å². The quantitative estimate of drug-likeness (QED) is 0.617. The first-order chi connectivity index (χ1) is 8.10. The molecule has 90 valence electrons. The lowest BCUT2D eigenvalue weighted by Gasteiger charge is -2.09. The maximum Gasteiger partial charge on any atom is 0.159 e. The van der Waals surface area contributed by atoms with Crippen LogP contribution in [0.2, 0.25) is 0 Å². The molecule has 0 aliphatic rings. The predicted molar refractivity (Wildman–Crippen MR) is 65.8 cm³/mol. The summed E-state index contributed by atoms with van der Waals surface area (Å²) in [5, 5.41) is 4.31. The molecule has 2 heterocycles. The molecule has 0 spiro atoms. The number of aryl methyl sites for hydroxylation is 1. The Balaban J connectivity index is 2.49. The smallest absolute Gasteiger partial charge is 0.159 e. The van der Waals surface area contributed by atoms with Crippen molar-refractivity contribution < 1.29 is 0 Å². The highest BCUT2D eigenvalue weighted by Crippen LogP contribution is 2.15. The second kappa shape index (κ2) is 4.50. The largest absolute Gasteiger partial charge is 0.308 e. The molecule has 0 saturated heterocycles. The molecule has 0 unspecified atom stereocenters. The number of nitrogens with two attached hydrogens (primary N) is 1. The Morgan fingerprint density at radius 1 is 1.35 bits per heavy atom. The third-order valence-corrected chi connectivity index (χ3v) is 2.35. The summed E-state index contributed by atoms with van der Waals surface area (Å²) >= 11 is 0. The molecule has 0 amide bonds. The molecule has 2 aromatic heterocycles. The fourth-order valence-corrected chi connectivity index (χ4v) is 1.44. The Kier molecular flexibility index (Phi) is 3.06. The van der Waals surface area contributed by atoms with Crippen molar-refractivity contribution in [1.29, 1.82) is 0 Å². The third kappa shape index (κ3) is 2.42. The maximum absolute atomic E-state index is 5.40. The molecule has 2 rings (SSSR count). The van der Waals surface area contributed by atoms with Gasteiger partial charge in [0.15, 0.2) is 5.82 Å². The van der Waals surface area contributed by atoms with E-state index in [1.165, 1.54) is 0 Å². The van der Waals surface area contributed by atoms with E-state index in [4.69, 9.17) is 5.84 Å². The second-order valence-corrected chi connectivity index (χ2v) is 4.17. The van der Waals surface area contributed by atoms with E-state index < -0.39 is 0 Å². The number of aromatic nitrogens is 4. The van der Waals surface area contributed by atoms with Gasteiger partial charge in [0, 0.05) is 18.2 Å². The van der Waals surface area contributed by atoms with Gasteiger partial charge in [-0.25, -0.2) is 20.5 Å². The average molecular weight is 232 g/mol. The fourth-order valence-electron chi connectivity index (χ4n) is 1.44. The average Bonchev–Trinajstić information content (AvgIpc) is 2.75. The van der Waals surface area contributed by atoms with Gasteiger partial charge in [0.05, 0.1) is 5.69 Å². The first-order valence-electron chi connectivity index (χ1n) is 5.48. The summed E-state index contributed by atoms with van der Waals surface area (Å²) in [5.74, 6) is 7.68. The fraction of sp³-hybridized carbons (Fsp3) is 0.364. The van der Waals surface area contributed by atoms with Crippen LogP contribution in [-0.4, -0.2) is 19.7 Å². The van der Waals surface area contributed by atoms with Crippen LogP contribution in [0.1, 0.15) is 31.3 Å². The minimum atomic E-state index is 0.235. The van der Waals surface area contributed by atoms with E-state index in [-0.39, 0.29) is 5.92 Å². The zero-order valence-electron chi connectivity index (χ0n) is 10.2. The van der Waals surface area contributed by atoms with Gasteiger partial charge < -0.3 is 5.43 Å². The molecule has 0 atom stereocenters. The maximum atomic E-state index is 5.40. The van der Waals surface area contributed by atoms with E-state index in [0.29, 0.717) is 11.6 Å². The van der Waals surface area contributed by atoms with Crippen LogP contribution < -0.4 is 11.3 Å². The van der Waals surface area contributed by atoms with Gasteiger partial charge in [-0.05, 0) is 13.0 Å². The SMILES string of the molecule is Cc1ccn(-c2cc(NN)nc(C(C)C)n2)n1. The van der Waals surface area contributed by atoms with Crippen LogP contribution in [0.5, 0.6) is 0 Å². The van der Waals surface area contributed by atoms with Crippen molar-refractivity contribution in [3.63, 3.8) is 0 Å². The normalized spacial score (nSPS) is 10.9. The Hall–Kier alpha value is -1.95. The number of anilines is 1. The van der Waals surface area contributed by atoms with Crippen LogP contribution >= 0.6 is 0 Å². The molecule has 6 heteroatoms. The highest BCUT2D eigenvalue weighted by molar-refractivity contribution is 5.40. The zero-order valence-corrected chi connectivity index (χ0v) is 10.2. The van der Waals surface area contributed by atoms with Gasteiger partial charge in [-0.3, -0.25) is 0 Å². The van der Waals surface area contributed by atoms with E-state index in [1.807, 2.05) is 33.0 Å². The summed E-state index contributed by atoms with van der Waals surface area (Å²) in [6.45, 7) is 6.00. The van der Waals surface area contributed by atoms with E-state index in [0.717, 1.165) is 11.5 Å². The van der Waals surface area contributed by atoms with Crippen LogP contribution in [0.25, 0.3) is 5.82 Å². The van der Waals surface area contributed by atoms with Gasteiger partial charge in [-0.1, -0.05) is 13.8 Å². The number of rotatable bonds is 3. The topological polar surface area (TPSA) is 81.7 Å². The van der Waals surface area contributed by atoms with E-state index in [9.17, 15) is 0 Å². The van der Waals surface area contributed by atoms with Crippen LogP contribution in [0.15, 0.2) is 18.3 Å². The van der Waals surface area contributed by atoms with Gasteiger partial charge in [0.1, 0.15) is 11.6 Å².